The summed E-state index contributed by atoms with van der Waals surface area (Å²) in [6.45, 7) is 14.4. The van der Waals surface area contributed by atoms with E-state index in [0.29, 0.717) is 25.8 Å². The highest BCUT2D eigenvalue weighted by molar-refractivity contribution is 5.98. The average molecular weight is 1020 g/mol. The van der Waals surface area contributed by atoms with Crippen LogP contribution in [0.1, 0.15) is 114 Å². The van der Waals surface area contributed by atoms with Gasteiger partial charge in [-0.2, -0.15) is 0 Å². The van der Waals surface area contributed by atoms with Crippen molar-refractivity contribution >= 4 is 70.9 Å². The summed E-state index contributed by atoms with van der Waals surface area (Å²) in [7, 11) is 1.41. The van der Waals surface area contributed by atoms with Crippen LogP contribution in [0, 0.1) is 17.8 Å². The Morgan fingerprint density at radius 2 is 1.28 bits per heavy atom. The number of carbonyl (C=O) groups is 11. The Hall–Kier alpha value is -6.60. The number of hydrogen-bond donors (Lipinski definition) is 12. The molecule has 1 fully saturated rings. The van der Waals surface area contributed by atoms with Crippen molar-refractivity contribution in [2.24, 2.45) is 39.9 Å². The van der Waals surface area contributed by atoms with Crippen LogP contribution in [0.25, 0.3) is 0 Å². The van der Waals surface area contributed by atoms with Gasteiger partial charge in [0.05, 0.1) is 19.2 Å². The molecular weight excluding hydrogens is 941 g/mol. The molecule has 0 bridgehead atoms. The van der Waals surface area contributed by atoms with Crippen LogP contribution >= 0.6 is 0 Å². The van der Waals surface area contributed by atoms with E-state index in [1.165, 1.54) is 25.8 Å². The molecule has 1 aliphatic rings. The molecule has 0 aromatic rings. The van der Waals surface area contributed by atoms with E-state index >= 15 is 0 Å². The first-order valence-corrected chi connectivity index (χ1v) is 24.5. The number of nitrogens with one attached hydrogen (secondary N) is 8. The summed E-state index contributed by atoms with van der Waals surface area (Å²) < 4.78 is 0. The molecule has 9 atom stereocenters. The third kappa shape index (κ3) is 22.2. The summed E-state index contributed by atoms with van der Waals surface area (Å²) in [5.74, 6) is -9.34. The van der Waals surface area contributed by atoms with Crippen LogP contribution in [0.2, 0.25) is 0 Å². The van der Waals surface area contributed by atoms with Gasteiger partial charge in [-0.25, -0.2) is 0 Å². The zero-order valence-electron chi connectivity index (χ0n) is 43.6. The first-order chi connectivity index (χ1) is 33.6. The van der Waals surface area contributed by atoms with Crippen LogP contribution in [0.5, 0.6) is 0 Å². The molecule has 26 nitrogen and oxygen atoms in total. The maximum atomic E-state index is 14.2. The molecule has 0 aromatic carbocycles. The van der Waals surface area contributed by atoms with E-state index < -0.39 is 126 Å². The predicted molar refractivity (Wildman–Crippen MR) is 265 cm³/mol. The van der Waals surface area contributed by atoms with Crippen LogP contribution in [-0.2, 0) is 52.7 Å². The number of rotatable bonds is 31. The minimum atomic E-state index is -1.74. The number of likely N-dealkylation sites (tertiary alicyclic amines) is 1. The van der Waals surface area contributed by atoms with Gasteiger partial charge in [0.25, 0.3) is 0 Å². The van der Waals surface area contributed by atoms with Crippen LogP contribution in [-0.4, -0.2) is 174 Å². The van der Waals surface area contributed by atoms with Gasteiger partial charge >= 0.3 is 0 Å². The Labute approximate surface area is 422 Å². The summed E-state index contributed by atoms with van der Waals surface area (Å²) in [4.78, 5) is 152. The summed E-state index contributed by atoms with van der Waals surface area (Å²) in [5.41, 5.74) is 16.4. The molecule has 1 rings (SSSR count). The van der Waals surface area contributed by atoms with Gasteiger partial charge in [0.2, 0.25) is 65.0 Å². The van der Waals surface area contributed by atoms with E-state index in [2.05, 4.69) is 47.5 Å². The Kier molecular flexibility index (Phi) is 27.9. The largest absolute Gasteiger partial charge is 0.391 e. The molecule has 1 heterocycles. The number of aliphatic imine (C=N–C) groups is 1. The van der Waals surface area contributed by atoms with Crippen LogP contribution in [0.3, 0.4) is 0 Å². The maximum Gasteiger partial charge on any atom is 0.245 e. The van der Waals surface area contributed by atoms with E-state index in [4.69, 9.17) is 17.2 Å². The molecule has 0 radical (unpaired) electrons. The zero-order valence-corrected chi connectivity index (χ0v) is 43.6. The van der Waals surface area contributed by atoms with Crippen molar-refractivity contribution in [1.29, 1.82) is 0 Å². The van der Waals surface area contributed by atoms with Gasteiger partial charge in [-0.05, 0) is 70.1 Å². The van der Waals surface area contributed by atoms with Gasteiger partial charge < -0.3 is 74.6 Å². The molecule has 72 heavy (non-hydrogen) atoms. The van der Waals surface area contributed by atoms with Crippen LogP contribution in [0.15, 0.2) is 4.99 Å². The quantitative estimate of drug-likeness (QED) is 0.0179. The van der Waals surface area contributed by atoms with Gasteiger partial charge in [0.15, 0.2) is 5.96 Å². The lowest BCUT2D eigenvalue weighted by Crippen LogP contribution is -2.62. The van der Waals surface area contributed by atoms with Gasteiger partial charge in [-0.3, -0.25) is 57.7 Å². The number of aliphatic hydroxyl groups is 1. The molecular formula is C46H82N14O12. The second-order valence-corrected chi connectivity index (χ2v) is 18.9. The molecule has 26 heteroatoms. The van der Waals surface area contributed by atoms with E-state index in [1.807, 2.05) is 0 Å². The molecule has 11 amide bonds. The van der Waals surface area contributed by atoms with Gasteiger partial charge in [-0.1, -0.05) is 48.0 Å². The second kappa shape index (κ2) is 31.7. The number of likely N-dealkylation sites (N-methyl/N-ethyl adjacent to an activating group) is 2. The van der Waals surface area contributed by atoms with Gasteiger partial charge in [0, 0.05) is 40.0 Å². The van der Waals surface area contributed by atoms with E-state index in [1.54, 1.807) is 48.5 Å². The normalized spacial score (nSPS) is 16.5. The summed E-state index contributed by atoms with van der Waals surface area (Å²) in [6, 6.07) is -9.07. The third-order valence-corrected chi connectivity index (χ3v) is 11.9. The lowest BCUT2D eigenvalue weighted by molar-refractivity contribution is -0.142. The van der Waals surface area contributed by atoms with Crippen LogP contribution < -0.4 is 59.7 Å². The molecule has 0 aromatic heterocycles. The average Bonchev–Trinajstić information content (AvgIpc) is 3.79. The molecule has 1 aliphatic heterocycles. The minimum Gasteiger partial charge on any atom is -0.391 e. The topological polar surface area (TPSA) is 401 Å². The second-order valence-electron chi connectivity index (χ2n) is 18.9. The zero-order chi connectivity index (χ0) is 55.0. The number of carbonyl (C=O) groups excluding carboxylic acids is 11. The molecule has 15 N–H and O–H groups in total. The van der Waals surface area contributed by atoms with Crippen molar-refractivity contribution in [3.05, 3.63) is 0 Å². The first-order valence-electron chi connectivity index (χ1n) is 24.5. The summed E-state index contributed by atoms with van der Waals surface area (Å²) in [5, 5.41) is 31.4. The highest BCUT2D eigenvalue weighted by Crippen LogP contribution is 2.21. The Morgan fingerprint density at radius 1 is 0.708 bits per heavy atom. The van der Waals surface area contributed by atoms with E-state index in [9.17, 15) is 57.8 Å². The fraction of sp³-hybridized carbons (Fsp3) is 0.739. The number of nitrogens with two attached hydrogens (primary N) is 3. The highest BCUT2D eigenvalue weighted by Gasteiger charge is 2.40. The van der Waals surface area contributed by atoms with Crippen LogP contribution in [0.4, 0.5) is 0 Å². The lowest BCUT2D eigenvalue weighted by Gasteiger charge is -2.31. The van der Waals surface area contributed by atoms with Crippen molar-refractivity contribution in [2.75, 3.05) is 39.8 Å². The predicted octanol–water partition coefficient (Wildman–Crippen LogP) is -3.94. The standard InChI is InChI=1S/C46H82N14O12/c1-11-26(7)37(43(70)54-30(15-13-19-51-46(48)49)45(72)60-20-14-16-32(60)41(68)50-12-2)57-39(66)29(17-18-33(47)63)53-44(71)38(27(8)61)58-40(67)31(21-24(3)4)55-42(69)36(25(5)6)56-34(64)22-52-35(65)23-59(10)28(9)62/h24-27,29-32,36-38,61H,11-23H2,1-10H3,(H2,47,63)(H,50,68)(H,52,65)(H,53,71)(H,54,70)(H,55,69)(H,56,64)(H,57,66)(H,58,67)(H4,48,49,51)/t26-,27+,29-,30-,31+,32-,36-,37-,38-/m0/s1. The molecule has 408 valence electrons. The fourth-order valence-corrected chi connectivity index (χ4v) is 7.53. The van der Waals surface area contributed by atoms with Crippen molar-refractivity contribution in [1.82, 2.24) is 52.3 Å². The fourth-order valence-electron chi connectivity index (χ4n) is 7.53. The Balaban J connectivity index is 3.39. The van der Waals surface area contributed by atoms with E-state index in [-0.39, 0.29) is 69.0 Å². The number of primary amides is 1. The Morgan fingerprint density at radius 3 is 1.82 bits per heavy atom. The SMILES string of the molecule is CCNC(=O)[C@@H]1CCCN1C(=O)[C@H](CCCN=C(N)N)NC(=O)[C@@H](NC(=O)[C@H](CCC(N)=O)NC(=O)[C@@H](NC(=O)[C@@H](CC(C)C)NC(=O)[C@@H](NC(=O)CNC(=O)CN(C)C(C)=O)C(C)C)[C@@H](C)O)[C@@H](C)CC. The third-order valence-electron chi connectivity index (χ3n) is 11.9. The number of aliphatic hydroxyl groups excluding tert-OH is 1. The number of guanidine groups is 1. The van der Waals surface area contributed by atoms with Crippen molar-refractivity contribution < 1.29 is 57.8 Å². The molecule has 1 saturated heterocycles. The Bertz CT molecular complexity index is 1930. The summed E-state index contributed by atoms with van der Waals surface area (Å²) >= 11 is 0. The van der Waals surface area contributed by atoms with E-state index in [0.717, 1.165) is 4.90 Å². The lowest BCUT2D eigenvalue weighted by atomic mass is 9.96. The van der Waals surface area contributed by atoms with Crippen molar-refractivity contribution in [3.63, 3.8) is 0 Å². The molecule has 0 unspecified atom stereocenters. The summed E-state index contributed by atoms with van der Waals surface area (Å²) in [6.07, 6.45) is -0.733. The number of amides is 11. The molecule has 0 aliphatic carbocycles. The minimum absolute atomic E-state index is 0.0302. The smallest absolute Gasteiger partial charge is 0.245 e. The van der Waals surface area contributed by atoms with Gasteiger partial charge in [0.1, 0.15) is 42.3 Å². The molecule has 0 spiro atoms. The maximum absolute atomic E-state index is 14.2. The van der Waals surface area contributed by atoms with Gasteiger partial charge in [-0.15, -0.1) is 0 Å². The number of nitrogens with zero attached hydrogens (tertiary/aromatic N) is 3. The first kappa shape index (κ1) is 63.4. The van der Waals surface area contributed by atoms with Crippen molar-refractivity contribution in [2.45, 2.75) is 162 Å². The monoisotopic (exact) mass is 1020 g/mol. The highest BCUT2D eigenvalue weighted by atomic mass is 16.3. The number of hydrogen-bond acceptors (Lipinski definition) is 13. The molecule has 0 saturated carbocycles. The van der Waals surface area contributed by atoms with Crippen molar-refractivity contribution in [3.8, 4) is 0 Å².